The second-order valence-corrected chi connectivity index (χ2v) is 7.84. The fraction of sp³-hybridized carbons (Fsp3) is 0.0435. The number of rotatable bonds is 6. The highest BCUT2D eigenvalue weighted by atomic mass is 79.9. The van der Waals surface area contributed by atoms with Gasteiger partial charge in [-0.25, -0.2) is 0 Å². The Hall–Kier alpha value is -2.88. The van der Waals surface area contributed by atoms with Gasteiger partial charge in [-0.3, -0.25) is 4.79 Å². The SMILES string of the molecule is N#C/C(=C\c1ccc(OCC(=O)Nc2ccccc2)c(Br)c1)c1ccc(Br)cc1. The number of para-hydroxylation sites is 1. The summed E-state index contributed by atoms with van der Waals surface area (Å²) in [7, 11) is 0. The molecule has 6 heteroatoms. The van der Waals surface area contributed by atoms with Crippen LogP contribution in [0.25, 0.3) is 11.6 Å². The second kappa shape index (κ2) is 10.1. The van der Waals surface area contributed by atoms with Crippen LogP contribution >= 0.6 is 31.9 Å². The van der Waals surface area contributed by atoms with Crippen LogP contribution in [0.3, 0.4) is 0 Å². The molecule has 0 radical (unpaired) electrons. The van der Waals surface area contributed by atoms with Crippen LogP contribution in [0, 0.1) is 11.3 Å². The fourth-order valence-electron chi connectivity index (χ4n) is 2.56. The molecule has 0 heterocycles. The Kier molecular flexibility index (Phi) is 7.23. The number of nitrogens with one attached hydrogen (secondary N) is 1. The number of nitrogens with zero attached hydrogens (tertiary/aromatic N) is 1. The number of ether oxygens (including phenoxy) is 1. The average Bonchev–Trinajstić information content (AvgIpc) is 2.73. The van der Waals surface area contributed by atoms with Crippen molar-refractivity contribution in [2.75, 3.05) is 11.9 Å². The Morgan fingerprint density at radius 1 is 1.03 bits per heavy atom. The van der Waals surface area contributed by atoms with Gasteiger partial charge in [-0.05, 0) is 69.5 Å². The molecule has 4 nitrogen and oxygen atoms in total. The minimum atomic E-state index is -0.242. The van der Waals surface area contributed by atoms with Crippen LogP contribution in [0.4, 0.5) is 5.69 Å². The van der Waals surface area contributed by atoms with Crippen LogP contribution in [0.2, 0.25) is 0 Å². The zero-order valence-corrected chi connectivity index (χ0v) is 18.4. The van der Waals surface area contributed by atoms with Crippen LogP contribution in [0.15, 0.2) is 81.7 Å². The summed E-state index contributed by atoms with van der Waals surface area (Å²) < 4.78 is 7.26. The van der Waals surface area contributed by atoms with Gasteiger partial charge in [0.05, 0.1) is 16.1 Å². The van der Waals surface area contributed by atoms with Gasteiger partial charge in [-0.2, -0.15) is 5.26 Å². The molecule has 3 rings (SSSR count). The largest absolute Gasteiger partial charge is 0.483 e. The molecule has 0 aromatic heterocycles. The van der Waals surface area contributed by atoms with Crippen LogP contribution in [0.5, 0.6) is 5.75 Å². The van der Waals surface area contributed by atoms with Crippen molar-refractivity contribution in [3.63, 3.8) is 0 Å². The summed E-state index contributed by atoms with van der Waals surface area (Å²) in [5.74, 6) is 0.307. The van der Waals surface area contributed by atoms with Crippen molar-refractivity contribution in [3.8, 4) is 11.8 Å². The molecular formula is C23H16Br2N2O2. The molecule has 0 bridgehead atoms. The van der Waals surface area contributed by atoms with Gasteiger partial charge in [0.15, 0.2) is 6.61 Å². The molecule has 0 saturated heterocycles. The predicted molar refractivity (Wildman–Crippen MR) is 122 cm³/mol. The van der Waals surface area contributed by atoms with Crippen LogP contribution < -0.4 is 10.1 Å². The maximum absolute atomic E-state index is 12.0. The lowest BCUT2D eigenvalue weighted by Gasteiger charge is -2.10. The standard InChI is InChI=1S/C23H16Br2N2O2/c24-19-9-7-17(8-10-19)18(14-26)12-16-6-11-22(21(25)13-16)29-15-23(28)27-20-4-2-1-3-5-20/h1-13H,15H2,(H,27,28)/b18-12+. The van der Waals surface area contributed by atoms with E-state index in [0.29, 0.717) is 15.8 Å². The van der Waals surface area contributed by atoms with Gasteiger partial charge in [0, 0.05) is 10.2 Å². The number of carbonyl (C=O) groups excluding carboxylic acids is 1. The van der Waals surface area contributed by atoms with Gasteiger partial charge in [0.25, 0.3) is 5.91 Å². The summed E-state index contributed by atoms with van der Waals surface area (Å²) in [5.41, 5.74) is 2.96. The minimum absolute atomic E-state index is 0.106. The van der Waals surface area contributed by atoms with Crippen molar-refractivity contribution in [1.82, 2.24) is 0 Å². The van der Waals surface area contributed by atoms with Crippen molar-refractivity contribution in [2.45, 2.75) is 0 Å². The van der Waals surface area contributed by atoms with E-state index in [0.717, 1.165) is 21.3 Å². The first-order chi connectivity index (χ1) is 14.0. The first kappa shape index (κ1) is 20.8. The quantitative estimate of drug-likeness (QED) is 0.312. The highest BCUT2D eigenvalue weighted by Gasteiger charge is 2.08. The van der Waals surface area contributed by atoms with E-state index in [1.807, 2.05) is 66.7 Å². The fourth-order valence-corrected chi connectivity index (χ4v) is 3.34. The number of carbonyl (C=O) groups is 1. The average molecular weight is 512 g/mol. The topological polar surface area (TPSA) is 62.1 Å². The van der Waals surface area contributed by atoms with Crippen molar-refractivity contribution in [2.24, 2.45) is 0 Å². The smallest absolute Gasteiger partial charge is 0.262 e. The molecule has 1 amide bonds. The molecule has 0 unspecified atom stereocenters. The Bertz CT molecular complexity index is 1070. The Balaban J connectivity index is 1.67. The van der Waals surface area contributed by atoms with E-state index in [2.05, 4.69) is 43.2 Å². The van der Waals surface area contributed by atoms with Gasteiger partial charge >= 0.3 is 0 Å². The zero-order chi connectivity index (χ0) is 20.6. The van der Waals surface area contributed by atoms with E-state index in [1.165, 1.54) is 0 Å². The maximum Gasteiger partial charge on any atom is 0.262 e. The Morgan fingerprint density at radius 3 is 2.41 bits per heavy atom. The highest BCUT2D eigenvalue weighted by molar-refractivity contribution is 9.10. The number of halogens is 2. The molecule has 3 aromatic carbocycles. The number of hydrogen-bond acceptors (Lipinski definition) is 3. The van der Waals surface area contributed by atoms with Crippen molar-refractivity contribution < 1.29 is 9.53 Å². The number of benzene rings is 3. The Morgan fingerprint density at radius 2 is 1.76 bits per heavy atom. The Labute approximate surface area is 186 Å². The molecule has 29 heavy (non-hydrogen) atoms. The lowest BCUT2D eigenvalue weighted by atomic mass is 10.0. The third kappa shape index (κ3) is 6.05. The molecule has 144 valence electrons. The molecule has 0 saturated carbocycles. The first-order valence-corrected chi connectivity index (χ1v) is 10.3. The zero-order valence-electron chi connectivity index (χ0n) is 15.2. The lowest BCUT2D eigenvalue weighted by molar-refractivity contribution is -0.118. The van der Waals surface area contributed by atoms with Gasteiger partial charge in [-0.1, -0.05) is 52.3 Å². The van der Waals surface area contributed by atoms with Crippen LogP contribution in [0.1, 0.15) is 11.1 Å². The summed E-state index contributed by atoms with van der Waals surface area (Å²) >= 11 is 6.86. The molecule has 3 aromatic rings. The van der Waals surface area contributed by atoms with E-state index in [9.17, 15) is 10.1 Å². The summed E-state index contributed by atoms with van der Waals surface area (Å²) in [6, 6.07) is 24.5. The molecular weight excluding hydrogens is 496 g/mol. The highest BCUT2D eigenvalue weighted by Crippen LogP contribution is 2.28. The molecule has 0 aliphatic heterocycles. The molecule has 0 atom stereocenters. The third-order valence-electron chi connectivity index (χ3n) is 3.96. The van der Waals surface area contributed by atoms with E-state index in [1.54, 1.807) is 12.1 Å². The van der Waals surface area contributed by atoms with E-state index in [-0.39, 0.29) is 12.5 Å². The summed E-state index contributed by atoms with van der Waals surface area (Å²) in [5, 5.41) is 12.3. The molecule has 0 fully saturated rings. The molecule has 1 N–H and O–H groups in total. The van der Waals surface area contributed by atoms with E-state index < -0.39 is 0 Å². The predicted octanol–water partition coefficient (Wildman–Crippen LogP) is 6.29. The van der Waals surface area contributed by atoms with E-state index >= 15 is 0 Å². The van der Waals surface area contributed by atoms with Crippen molar-refractivity contribution in [1.29, 1.82) is 5.26 Å². The van der Waals surface area contributed by atoms with Gasteiger partial charge in [0.2, 0.25) is 0 Å². The minimum Gasteiger partial charge on any atom is -0.483 e. The molecule has 0 aliphatic rings. The lowest BCUT2D eigenvalue weighted by Crippen LogP contribution is -2.20. The van der Waals surface area contributed by atoms with Crippen LogP contribution in [-0.2, 0) is 4.79 Å². The summed E-state index contributed by atoms with van der Waals surface area (Å²) in [6.45, 7) is -0.106. The summed E-state index contributed by atoms with van der Waals surface area (Å²) in [4.78, 5) is 12.0. The van der Waals surface area contributed by atoms with Crippen molar-refractivity contribution >= 4 is 55.1 Å². The first-order valence-electron chi connectivity index (χ1n) is 8.70. The van der Waals surface area contributed by atoms with Gasteiger partial charge < -0.3 is 10.1 Å². The van der Waals surface area contributed by atoms with Crippen LogP contribution in [-0.4, -0.2) is 12.5 Å². The van der Waals surface area contributed by atoms with Gasteiger partial charge in [0.1, 0.15) is 5.75 Å². The third-order valence-corrected chi connectivity index (χ3v) is 5.11. The number of nitriles is 1. The normalized spacial score (nSPS) is 10.9. The summed E-state index contributed by atoms with van der Waals surface area (Å²) in [6.07, 6.45) is 1.81. The van der Waals surface area contributed by atoms with Crippen molar-refractivity contribution in [3.05, 3.63) is 92.9 Å². The van der Waals surface area contributed by atoms with E-state index in [4.69, 9.17) is 4.74 Å². The number of anilines is 1. The number of hydrogen-bond donors (Lipinski definition) is 1. The number of allylic oxidation sites excluding steroid dienone is 1. The molecule has 0 spiro atoms. The maximum atomic E-state index is 12.0. The monoisotopic (exact) mass is 510 g/mol. The van der Waals surface area contributed by atoms with Gasteiger partial charge in [-0.15, -0.1) is 0 Å². The number of amides is 1. The second-order valence-electron chi connectivity index (χ2n) is 6.07. The molecule has 0 aliphatic carbocycles.